The van der Waals surface area contributed by atoms with Crippen LogP contribution in [0.1, 0.15) is 16.1 Å². The number of benzene rings is 2. The van der Waals surface area contributed by atoms with Gasteiger partial charge in [0.25, 0.3) is 0 Å². The van der Waals surface area contributed by atoms with Gasteiger partial charge in [-0.15, -0.1) is 0 Å². The first-order chi connectivity index (χ1) is 10.2. The largest absolute Gasteiger partial charge is 0.292 e. The number of rotatable bonds is 4. The van der Waals surface area contributed by atoms with E-state index in [0.717, 1.165) is 11.3 Å². The Kier molecular flexibility index (Phi) is 3.84. The highest BCUT2D eigenvalue weighted by molar-refractivity contribution is 6.30. The van der Waals surface area contributed by atoms with E-state index in [1.165, 1.54) is 0 Å². The van der Waals surface area contributed by atoms with Gasteiger partial charge in [-0.1, -0.05) is 41.9 Å². The van der Waals surface area contributed by atoms with E-state index in [0.29, 0.717) is 17.1 Å². The zero-order valence-corrected chi connectivity index (χ0v) is 12.0. The molecule has 0 spiro atoms. The summed E-state index contributed by atoms with van der Waals surface area (Å²) in [5.74, 6) is 0.0126. The van der Waals surface area contributed by atoms with Gasteiger partial charge in [-0.3, -0.25) is 4.79 Å². The standard InChI is InChI=1S/C17H13ClN2O/c18-14-6-4-5-13(11-14)12-17(21)16-9-10-19-20(16)15-7-2-1-3-8-15/h1-11H,12H2. The van der Waals surface area contributed by atoms with Gasteiger partial charge in [0.2, 0.25) is 0 Å². The van der Waals surface area contributed by atoms with E-state index in [1.807, 2.05) is 48.5 Å². The number of hydrogen-bond donors (Lipinski definition) is 0. The summed E-state index contributed by atoms with van der Waals surface area (Å²) in [4.78, 5) is 12.5. The molecule has 0 amide bonds. The SMILES string of the molecule is O=C(Cc1cccc(Cl)c1)c1ccnn1-c1ccccc1. The molecule has 3 rings (SSSR count). The molecule has 4 heteroatoms. The first-order valence-electron chi connectivity index (χ1n) is 6.61. The first-order valence-corrected chi connectivity index (χ1v) is 6.99. The predicted molar refractivity (Wildman–Crippen MR) is 83.1 cm³/mol. The maximum Gasteiger partial charge on any atom is 0.185 e. The highest BCUT2D eigenvalue weighted by Crippen LogP contribution is 2.15. The van der Waals surface area contributed by atoms with E-state index in [9.17, 15) is 4.79 Å². The molecule has 0 aliphatic rings. The molecule has 3 aromatic rings. The molecule has 3 nitrogen and oxygen atoms in total. The van der Waals surface area contributed by atoms with Gasteiger partial charge in [-0.05, 0) is 35.9 Å². The van der Waals surface area contributed by atoms with Crippen molar-refractivity contribution in [2.24, 2.45) is 0 Å². The molecule has 0 radical (unpaired) electrons. The number of hydrogen-bond acceptors (Lipinski definition) is 2. The van der Waals surface area contributed by atoms with Crippen LogP contribution in [0, 0.1) is 0 Å². The van der Waals surface area contributed by atoms with Crippen molar-refractivity contribution in [2.45, 2.75) is 6.42 Å². The summed E-state index contributed by atoms with van der Waals surface area (Å²) in [6, 6.07) is 18.7. The van der Waals surface area contributed by atoms with E-state index in [1.54, 1.807) is 23.0 Å². The molecule has 1 aromatic heterocycles. The summed E-state index contributed by atoms with van der Waals surface area (Å²) < 4.78 is 1.66. The normalized spacial score (nSPS) is 10.5. The Balaban J connectivity index is 1.88. The second-order valence-corrected chi connectivity index (χ2v) is 5.13. The number of halogens is 1. The van der Waals surface area contributed by atoms with Crippen molar-refractivity contribution in [3.8, 4) is 5.69 Å². The molecular formula is C17H13ClN2O. The summed E-state index contributed by atoms with van der Waals surface area (Å²) in [5, 5.41) is 4.87. The van der Waals surface area contributed by atoms with E-state index < -0.39 is 0 Å². The van der Waals surface area contributed by atoms with Crippen molar-refractivity contribution in [2.75, 3.05) is 0 Å². The highest BCUT2D eigenvalue weighted by atomic mass is 35.5. The van der Waals surface area contributed by atoms with Gasteiger partial charge in [-0.2, -0.15) is 5.10 Å². The number of para-hydroxylation sites is 1. The zero-order valence-electron chi connectivity index (χ0n) is 11.2. The molecule has 104 valence electrons. The molecule has 2 aromatic carbocycles. The molecule has 1 heterocycles. The predicted octanol–water partition coefficient (Wildman–Crippen LogP) is 3.95. The Bertz CT molecular complexity index is 765. The number of nitrogens with zero attached hydrogens (tertiary/aromatic N) is 2. The second kappa shape index (κ2) is 5.94. The Morgan fingerprint density at radius 2 is 1.86 bits per heavy atom. The Hall–Kier alpha value is -2.39. The van der Waals surface area contributed by atoms with Crippen LogP contribution >= 0.6 is 11.6 Å². The summed E-state index contributed by atoms with van der Waals surface area (Å²) >= 11 is 5.95. The number of Topliss-reactive ketones (excluding diaryl/α,β-unsaturated/α-hetero) is 1. The zero-order chi connectivity index (χ0) is 14.7. The van der Waals surface area contributed by atoms with Crippen LogP contribution in [0.15, 0.2) is 66.9 Å². The molecule has 0 saturated carbocycles. The molecule has 0 fully saturated rings. The van der Waals surface area contributed by atoms with Crippen LogP contribution in [0.3, 0.4) is 0 Å². The fourth-order valence-electron chi connectivity index (χ4n) is 2.21. The molecule has 0 aliphatic carbocycles. The van der Waals surface area contributed by atoms with Gasteiger partial charge < -0.3 is 0 Å². The van der Waals surface area contributed by atoms with Crippen LogP contribution in [0.25, 0.3) is 5.69 Å². The van der Waals surface area contributed by atoms with Gasteiger partial charge in [0.15, 0.2) is 5.78 Å². The first kappa shape index (κ1) is 13.6. The summed E-state index contributed by atoms with van der Waals surface area (Å²) in [6.07, 6.45) is 1.94. The number of aromatic nitrogens is 2. The van der Waals surface area contributed by atoms with Crippen LogP contribution in [0.4, 0.5) is 0 Å². The van der Waals surface area contributed by atoms with E-state index in [2.05, 4.69) is 5.10 Å². The van der Waals surface area contributed by atoms with Crippen molar-refractivity contribution >= 4 is 17.4 Å². The quantitative estimate of drug-likeness (QED) is 0.683. The molecule has 0 bridgehead atoms. The van der Waals surface area contributed by atoms with Crippen molar-refractivity contribution in [3.63, 3.8) is 0 Å². The second-order valence-electron chi connectivity index (χ2n) is 4.69. The number of carbonyl (C=O) groups excluding carboxylic acids is 1. The number of carbonyl (C=O) groups is 1. The van der Waals surface area contributed by atoms with E-state index in [4.69, 9.17) is 11.6 Å². The maximum atomic E-state index is 12.5. The molecule has 0 N–H and O–H groups in total. The Labute approximate surface area is 127 Å². The van der Waals surface area contributed by atoms with E-state index >= 15 is 0 Å². The third kappa shape index (κ3) is 3.03. The summed E-state index contributed by atoms with van der Waals surface area (Å²) in [5.41, 5.74) is 2.34. The van der Waals surface area contributed by atoms with Crippen LogP contribution in [0.2, 0.25) is 5.02 Å². The van der Waals surface area contributed by atoms with Crippen LogP contribution in [0.5, 0.6) is 0 Å². The molecular weight excluding hydrogens is 284 g/mol. The minimum Gasteiger partial charge on any atom is -0.292 e. The average Bonchev–Trinajstić information content (AvgIpc) is 2.98. The fraction of sp³-hybridized carbons (Fsp3) is 0.0588. The number of ketones is 1. The van der Waals surface area contributed by atoms with Gasteiger partial charge in [-0.25, -0.2) is 4.68 Å². The minimum absolute atomic E-state index is 0.0126. The van der Waals surface area contributed by atoms with Crippen LogP contribution < -0.4 is 0 Å². The fourth-order valence-corrected chi connectivity index (χ4v) is 2.43. The average molecular weight is 297 g/mol. The maximum absolute atomic E-state index is 12.5. The topological polar surface area (TPSA) is 34.9 Å². The molecule has 21 heavy (non-hydrogen) atoms. The third-order valence-corrected chi connectivity index (χ3v) is 3.42. The lowest BCUT2D eigenvalue weighted by Crippen LogP contribution is -2.11. The third-order valence-electron chi connectivity index (χ3n) is 3.18. The van der Waals surface area contributed by atoms with Crippen molar-refractivity contribution in [3.05, 3.63) is 83.1 Å². The van der Waals surface area contributed by atoms with Gasteiger partial charge in [0.05, 0.1) is 11.9 Å². The van der Waals surface area contributed by atoms with Gasteiger partial charge >= 0.3 is 0 Å². The Morgan fingerprint density at radius 3 is 2.62 bits per heavy atom. The van der Waals surface area contributed by atoms with Crippen molar-refractivity contribution in [1.82, 2.24) is 9.78 Å². The monoisotopic (exact) mass is 296 g/mol. The molecule has 0 unspecified atom stereocenters. The van der Waals surface area contributed by atoms with Crippen LogP contribution in [-0.4, -0.2) is 15.6 Å². The molecule has 0 saturated heterocycles. The lowest BCUT2D eigenvalue weighted by Gasteiger charge is -2.07. The lowest BCUT2D eigenvalue weighted by molar-refractivity contribution is 0.0985. The smallest absolute Gasteiger partial charge is 0.185 e. The van der Waals surface area contributed by atoms with Gasteiger partial charge in [0.1, 0.15) is 5.69 Å². The minimum atomic E-state index is 0.0126. The van der Waals surface area contributed by atoms with Gasteiger partial charge in [0, 0.05) is 11.4 Å². The molecule has 0 atom stereocenters. The van der Waals surface area contributed by atoms with Crippen molar-refractivity contribution < 1.29 is 4.79 Å². The van der Waals surface area contributed by atoms with E-state index in [-0.39, 0.29) is 5.78 Å². The molecule has 0 aliphatic heterocycles. The lowest BCUT2D eigenvalue weighted by atomic mass is 10.1. The van der Waals surface area contributed by atoms with Crippen LogP contribution in [-0.2, 0) is 6.42 Å². The highest BCUT2D eigenvalue weighted by Gasteiger charge is 2.14. The Morgan fingerprint density at radius 1 is 1.05 bits per heavy atom. The summed E-state index contributed by atoms with van der Waals surface area (Å²) in [7, 11) is 0. The van der Waals surface area contributed by atoms with Crippen molar-refractivity contribution in [1.29, 1.82) is 0 Å². The summed E-state index contributed by atoms with van der Waals surface area (Å²) in [6.45, 7) is 0.